The molecule has 0 amide bonds. The highest BCUT2D eigenvalue weighted by Crippen LogP contribution is 2.84. The Morgan fingerprint density at radius 2 is 1.83 bits per heavy atom. The number of fused-ring (bicyclic) bond motifs is 2. The highest BCUT2D eigenvalue weighted by Gasteiger charge is 2.86. The predicted octanol–water partition coefficient (Wildman–Crippen LogP) is 5.97. The van der Waals surface area contributed by atoms with Crippen molar-refractivity contribution in [1.82, 2.24) is 4.90 Å². The first-order valence-electron chi connectivity index (χ1n) is 17.6. The molecular formula is C36H55NO5. The molecular weight excluding hydrogens is 526 g/mol. The SMILES string of the molecule is CC(C)C1=CC2CC3(C=O)[C@@H]4CC[C@@H](C)[C@H]4CC2([C@H]2C[C@@H](CC4CCCC4)[C@H](CN4CCC(CO)CC4)O2)[C@]13C(=O)O. The second kappa shape index (κ2) is 10.7. The smallest absolute Gasteiger partial charge is 0.315 e. The lowest BCUT2D eigenvalue weighted by Crippen LogP contribution is -2.65. The number of nitrogens with zero attached hydrogens (tertiary/aromatic N) is 1. The quantitative estimate of drug-likeness (QED) is 0.258. The zero-order chi connectivity index (χ0) is 29.4. The maximum absolute atomic E-state index is 14.0. The third kappa shape index (κ3) is 3.85. The summed E-state index contributed by atoms with van der Waals surface area (Å²) in [5, 5.41) is 21.2. The number of aliphatic hydroxyl groups is 1. The van der Waals surface area contributed by atoms with Gasteiger partial charge in [-0.3, -0.25) is 4.79 Å². The summed E-state index contributed by atoms with van der Waals surface area (Å²) in [5.74, 6) is 2.16. The molecule has 2 N–H and O–H groups in total. The molecule has 0 aromatic heterocycles. The van der Waals surface area contributed by atoms with Crippen LogP contribution in [0.5, 0.6) is 0 Å². The zero-order valence-corrected chi connectivity index (χ0v) is 26.3. The largest absolute Gasteiger partial charge is 0.481 e. The van der Waals surface area contributed by atoms with E-state index in [-0.39, 0.29) is 36.6 Å². The van der Waals surface area contributed by atoms with Crippen LogP contribution in [0.3, 0.4) is 0 Å². The van der Waals surface area contributed by atoms with E-state index >= 15 is 0 Å². The topological polar surface area (TPSA) is 87.1 Å². The number of carbonyl (C=O) groups is 2. The van der Waals surface area contributed by atoms with Gasteiger partial charge >= 0.3 is 5.97 Å². The highest BCUT2D eigenvalue weighted by atomic mass is 16.5. The number of carboxylic acids is 1. The Bertz CT molecular complexity index is 1090. The first-order valence-corrected chi connectivity index (χ1v) is 17.6. The number of hydrogen-bond donors (Lipinski definition) is 2. The van der Waals surface area contributed by atoms with Crippen LogP contribution in [0.15, 0.2) is 11.6 Å². The lowest BCUT2D eigenvalue weighted by atomic mass is 9.41. The summed E-state index contributed by atoms with van der Waals surface area (Å²) < 4.78 is 7.35. The number of aldehydes is 1. The van der Waals surface area contributed by atoms with Gasteiger partial charge in [-0.25, -0.2) is 0 Å². The monoisotopic (exact) mass is 581 g/mol. The van der Waals surface area contributed by atoms with Gasteiger partial charge in [0, 0.05) is 18.6 Å². The van der Waals surface area contributed by atoms with Gasteiger partial charge in [-0.2, -0.15) is 0 Å². The van der Waals surface area contributed by atoms with Crippen molar-refractivity contribution in [2.45, 2.75) is 110 Å². The lowest BCUT2D eigenvalue weighted by molar-refractivity contribution is -0.197. The Morgan fingerprint density at radius 1 is 1.10 bits per heavy atom. The van der Waals surface area contributed by atoms with Crippen molar-refractivity contribution in [3.8, 4) is 0 Å². The van der Waals surface area contributed by atoms with E-state index in [1.54, 1.807) is 0 Å². The summed E-state index contributed by atoms with van der Waals surface area (Å²) in [5.41, 5.74) is -1.48. The van der Waals surface area contributed by atoms with Crippen LogP contribution in [0.2, 0.25) is 0 Å². The summed E-state index contributed by atoms with van der Waals surface area (Å²) in [6.07, 6.45) is 16.7. The second-order valence-corrected chi connectivity index (χ2v) is 16.3. The molecule has 2 saturated heterocycles. The van der Waals surface area contributed by atoms with Gasteiger partial charge in [-0.05, 0) is 105 Å². The van der Waals surface area contributed by atoms with E-state index in [0.29, 0.717) is 30.1 Å². The Balaban J connectivity index is 1.28. The van der Waals surface area contributed by atoms with Gasteiger partial charge in [0.15, 0.2) is 0 Å². The van der Waals surface area contributed by atoms with E-state index in [0.717, 1.165) is 75.9 Å². The van der Waals surface area contributed by atoms with Crippen molar-refractivity contribution in [3.05, 3.63) is 11.6 Å². The molecule has 4 saturated carbocycles. The van der Waals surface area contributed by atoms with Crippen LogP contribution in [0, 0.1) is 63.6 Å². The summed E-state index contributed by atoms with van der Waals surface area (Å²) >= 11 is 0. The van der Waals surface area contributed by atoms with Gasteiger partial charge in [-0.15, -0.1) is 0 Å². The number of aliphatic hydroxyl groups excluding tert-OH is 1. The number of hydrogen-bond acceptors (Lipinski definition) is 5. The fourth-order valence-corrected chi connectivity index (χ4v) is 12.7. The first-order chi connectivity index (χ1) is 20.2. The third-order valence-electron chi connectivity index (χ3n) is 14.5. The molecule has 7 rings (SSSR count). The number of likely N-dealkylation sites (tertiary alicyclic amines) is 1. The van der Waals surface area contributed by atoms with Crippen LogP contribution in [0.25, 0.3) is 0 Å². The molecule has 42 heavy (non-hydrogen) atoms. The van der Waals surface area contributed by atoms with Gasteiger partial charge in [0.05, 0.1) is 17.6 Å². The van der Waals surface area contributed by atoms with E-state index in [2.05, 4.69) is 31.7 Å². The number of carboxylic acid groups (broad SMARTS) is 1. The van der Waals surface area contributed by atoms with Crippen LogP contribution in [-0.2, 0) is 14.3 Å². The average Bonchev–Trinajstić information content (AvgIpc) is 3.79. The van der Waals surface area contributed by atoms with Gasteiger partial charge in [0.2, 0.25) is 0 Å². The van der Waals surface area contributed by atoms with Crippen molar-refractivity contribution >= 4 is 12.3 Å². The van der Waals surface area contributed by atoms with Gasteiger partial charge in [-0.1, -0.05) is 64.5 Å². The van der Waals surface area contributed by atoms with E-state index in [9.17, 15) is 19.8 Å². The zero-order valence-electron chi connectivity index (χ0n) is 26.3. The maximum atomic E-state index is 14.0. The van der Waals surface area contributed by atoms with Crippen LogP contribution in [0.1, 0.15) is 97.8 Å². The summed E-state index contributed by atoms with van der Waals surface area (Å²) in [7, 11) is 0. The normalized spacial score (nSPS) is 47.4. The Hall–Kier alpha value is -1.24. The molecule has 0 radical (unpaired) electrons. The van der Waals surface area contributed by atoms with E-state index in [4.69, 9.17) is 4.74 Å². The van der Waals surface area contributed by atoms with Gasteiger partial charge < -0.3 is 24.6 Å². The van der Waals surface area contributed by atoms with E-state index in [1.807, 2.05) is 0 Å². The third-order valence-corrected chi connectivity index (χ3v) is 14.5. The standard InChI is InChI=1S/C36H55NO5/c1-22(2)30-16-27-17-34(21-39)29-9-8-23(3)28(29)18-35(27,36(30,34)33(40)41)32-15-26(14-24-6-4-5-7-24)31(42-32)19-37-12-10-25(20-38)11-13-37/h16,21-29,31-32,38H,4-15,17-20H2,1-3H3,(H,40,41)/t23-,26-,27?,28-,29-,31+,32-,34?,35?,36+/m1/s1. The molecule has 2 heterocycles. The highest BCUT2D eigenvalue weighted by molar-refractivity contribution is 5.90. The van der Waals surface area contributed by atoms with Crippen LogP contribution in [-0.4, -0.2) is 65.8 Å². The van der Waals surface area contributed by atoms with E-state index in [1.165, 1.54) is 32.1 Å². The predicted molar refractivity (Wildman–Crippen MR) is 162 cm³/mol. The minimum Gasteiger partial charge on any atom is -0.481 e. The number of carbonyl (C=O) groups excluding carboxylic acids is 1. The molecule has 6 fully saturated rings. The molecule has 0 aromatic rings. The molecule has 5 aliphatic carbocycles. The molecule has 0 spiro atoms. The minimum absolute atomic E-state index is 0.0970. The molecule has 6 nitrogen and oxygen atoms in total. The van der Waals surface area contributed by atoms with Gasteiger partial charge in [0.25, 0.3) is 0 Å². The Kier molecular flexibility index (Phi) is 7.50. The average molecular weight is 582 g/mol. The van der Waals surface area contributed by atoms with Crippen molar-refractivity contribution in [2.75, 3.05) is 26.2 Å². The number of rotatable bonds is 9. The van der Waals surface area contributed by atoms with Crippen LogP contribution in [0.4, 0.5) is 0 Å². The van der Waals surface area contributed by atoms with Crippen molar-refractivity contribution in [2.24, 2.45) is 63.6 Å². The fraction of sp³-hybridized carbons (Fsp3) is 0.889. The summed E-state index contributed by atoms with van der Waals surface area (Å²) in [4.78, 5) is 30.1. The van der Waals surface area contributed by atoms with Crippen molar-refractivity contribution < 1.29 is 24.5 Å². The number of piperidine rings is 1. The summed E-state index contributed by atoms with van der Waals surface area (Å²) in [6, 6.07) is 0. The first kappa shape index (κ1) is 29.5. The summed E-state index contributed by atoms with van der Waals surface area (Å²) in [6.45, 7) is 9.85. The number of aliphatic carboxylic acids is 1. The van der Waals surface area contributed by atoms with Crippen molar-refractivity contribution in [1.29, 1.82) is 0 Å². The number of allylic oxidation sites excluding steroid dienone is 1. The van der Waals surface area contributed by atoms with Crippen molar-refractivity contribution in [3.63, 3.8) is 0 Å². The van der Waals surface area contributed by atoms with Gasteiger partial charge in [0.1, 0.15) is 11.7 Å². The molecule has 6 heteroatoms. The second-order valence-electron chi connectivity index (χ2n) is 16.3. The fourth-order valence-electron chi connectivity index (χ4n) is 12.7. The molecule has 3 unspecified atom stereocenters. The molecule has 2 aliphatic heterocycles. The maximum Gasteiger partial charge on any atom is 0.315 e. The molecule has 4 bridgehead atoms. The Morgan fingerprint density at radius 3 is 2.48 bits per heavy atom. The van der Waals surface area contributed by atoms with E-state index < -0.39 is 22.2 Å². The molecule has 234 valence electrons. The minimum atomic E-state index is -1.15. The molecule has 10 atom stereocenters. The van der Waals surface area contributed by atoms with Crippen LogP contribution < -0.4 is 0 Å². The lowest BCUT2D eigenvalue weighted by Gasteiger charge is -2.60. The number of ether oxygens (including phenoxy) is 1. The molecule has 0 aromatic carbocycles. The Labute approximate surface area is 253 Å². The van der Waals surface area contributed by atoms with Crippen LogP contribution >= 0.6 is 0 Å². The molecule has 7 aliphatic rings.